The van der Waals surface area contributed by atoms with Crippen LogP contribution in [0, 0.1) is 12.3 Å². The first kappa shape index (κ1) is 15.4. The summed E-state index contributed by atoms with van der Waals surface area (Å²) in [6.07, 6.45) is 4.50. The minimum atomic E-state index is -0.00173. The lowest BCUT2D eigenvalue weighted by Crippen LogP contribution is -2.35. The molecule has 0 aliphatic carbocycles. The molecule has 0 radical (unpaired) electrons. The van der Waals surface area contributed by atoms with Gasteiger partial charge in [-0.15, -0.1) is 0 Å². The number of nitrogens with zero attached hydrogens (tertiary/aromatic N) is 2. The van der Waals surface area contributed by atoms with Gasteiger partial charge in [-0.1, -0.05) is 42.6 Å². The van der Waals surface area contributed by atoms with Crippen LogP contribution < -0.4 is 5.56 Å². The van der Waals surface area contributed by atoms with Crippen molar-refractivity contribution in [2.24, 2.45) is 5.41 Å². The zero-order valence-electron chi connectivity index (χ0n) is 11.6. The summed E-state index contributed by atoms with van der Waals surface area (Å²) in [7, 11) is 0. The zero-order chi connectivity index (χ0) is 13.6. The Morgan fingerprint density at radius 3 is 2.39 bits per heavy atom. The molecule has 0 atom stereocenters. The second-order valence-corrected chi connectivity index (χ2v) is 5.66. The van der Waals surface area contributed by atoms with Crippen molar-refractivity contribution >= 4 is 15.9 Å². The van der Waals surface area contributed by atoms with E-state index in [1.807, 2.05) is 6.92 Å². The molecule has 102 valence electrons. The van der Waals surface area contributed by atoms with Gasteiger partial charge in [0.1, 0.15) is 0 Å². The number of aromatic nitrogens is 2. The monoisotopic (exact) mass is 314 g/mol. The second-order valence-electron chi connectivity index (χ2n) is 5.10. The summed E-state index contributed by atoms with van der Waals surface area (Å²) in [5.74, 6) is 0. The molecule has 0 N–H and O–H groups in total. The third kappa shape index (κ3) is 3.94. The van der Waals surface area contributed by atoms with Gasteiger partial charge in [0.15, 0.2) is 0 Å². The summed E-state index contributed by atoms with van der Waals surface area (Å²) >= 11 is 3.63. The van der Waals surface area contributed by atoms with Crippen molar-refractivity contribution in [3.8, 4) is 0 Å². The Labute approximate surface area is 118 Å². The maximum atomic E-state index is 11.9. The minimum Gasteiger partial charge on any atom is -0.268 e. The molecule has 0 saturated carbocycles. The molecule has 0 fully saturated rings. The SMILES string of the molecule is CCCC(CBr)(CCC)Cn1nc(C)ccc1=O. The lowest BCUT2D eigenvalue weighted by molar-refractivity contribution is 0.218. The van der Waals surface area contributed by atoms with Crippen LogP contribution in [-0.4, -0.2) is 15.1 Å². The lowest BCUT2D eigenvalue weighted by Gasteiger charge is -2.31. The molecular weight excluding hydrogens is 292 g/mol. The Bertz CT molecular complexity index is 422. The number of halogens is 1. The fourth-order valence-electron chi connectivity index (χ4n) is 2.50. The summed E-state index contributed by atoms with van der Waals surface area (Å²) in [6.45, 7) is 7.02. The summed E-state index contributed by atoms with van der Waals surface area (Å²) in [4.78, 5) is 11.9. The molecule has 0 aliphatic rings. The predicted molar refractivity (Wildman–Crippen MR) is 79.3 cm³/mol. The fourth-order valence-corrected chi connectivity index (χ4v) is 3.24. The maximum Gasteiger partial charge on any atom is 0.266 e. The standard InChI is InChI=1S/C14H23BrN2O/c1-4-8-14(10-15,9-5-2)11-17-13(18)7-6-12(3)16-17/h6-7H,4-5,8-11H2,1-3H3. The molecule has 0 aromatic carbocycles. The van der Waals surface area contributed by atoms with Crippen LogP contribution in [0.25, 0.3) is 0 Å². The van der Waals surface area contributed by atoms with E-state index < -0.39 is 0 Å². The van der Waals surface area contributed by atoms with E-state index in [2.05, 4.69) is 34.9 Å². The van der Waals surface area contributed by atoms with E-state index in [0.29, 0.717) is 6.54 Å². The first-order chi connectivity index (χ1) is 8.56. The minimum absolute atomic E-state index is 0.00173. The summed E-state index contributed by atoms with van der Waals surface area (Å²) in [6, 6.07) is 3.38. The van der Waals surface area contributed by atoms with E-state index in [1.54, 1.807) is 16.8 Å². The Morgan fingerprint density at radius 2 is 1.89 bits per heavy atom. The van der Waals surface area contributed by atoms with E-state index in [4.69, 9.17) is 0 Å². The van der Waals surface area contributed by atoms with Gasteiger partial charge in [-0.05, 0) is 31.2 Å². The van der Waals surface area contributed by atoms with Crippen LogP contribution in [0.5, 0.6) is 0 Å². The molecule has 3 nitrogen and oxygen atoms in total. The number of hydrogen-bond acceptors (Lipinski definition) is 2. The van der Waals surface area contributed by atoms with E-state index in [9.17, 15) is 4.79 Å². The van der Waals surface area contributed by atoms with Gasteiger partial charge in [0.2, 0.25) is 0 Å². The van der Waals surface area contributed by atoms with Crippen LogP contribution in [0.1, 0.15) is 45.2 Å². The van der Waals surface area contributed by atoms with E-state index in [-0.39, 0.29) is 11.0 Å². The maximum absolute atomic E-state index is 11.9. The smallest absolute Gasteiger partial charge is 0.266 e. The molecule has 1 rings (SSSR count). The molecule has 0 bridgehead atoms. The molecule has 1 aromatic heterocycles. The third-order valence-corrected chi connectivity index (χ3v) is 4.52. The van der Waals surface area contributed by atoms with Crippen LogP contribution in [-0.2, 0) is 6.54 Å². The first-order valence-corrected chi connectivity index (χ1v) is 7.80. The first-order valence-electron chi connectivity index (χ1n) is 6.67. The van der Waals surface area contributed by atoms with Crippen LogP contribution in [0.2, 0.25) is 0 Å². The molecule has 1 heterocycles. The molecule has 4 heteroatoms. The zero-order valence-corrected chi connectivity index (χ0v) is 13.2. The van der Waals surface area contributed by atoms with Crippen LogP contribution in [0.4, 0.5) is 0 Å². The highest BCUT2D eigenvalue weighted by Gasteiger charge is 2.28. The van der Waals surface area contributed by atoms with Gasteiger partial charge in [-0.25, -0.2) is 4.68 Å². The van der Waals surface area contributed by atoms with Crippen molar-refractivity contribution in [1.82, 2.24) is 9.78 Å². The number of alkyl halides is 1. The molecule has 1 aromatic rings. The average molecular weight is 315 g/mol. The van der Waals surface area contributed by atoms with Crippen molar-refractivity contribution in [2.75, 3.05) is 5.33 Å². The van der Waals surface area contributed by atoms with E-state index in [0.717, 1.165) is 36.7 Å². The number of aryl methyl sites for hydroxylation is 1. The Balaban J connectivity index is 3.01. The van der Waals surface area contributed by atoms with Crippen LogP contribution in [0.3, 0.4) is 0 Å². The quantitative estimate of drug-likeness (QED) is 0.722. The molecule has 0 aliphatic heterocycles. The van der Waals surface area contributed by atoms with Crippen LogP contribution >= 0.6 is 15.9 Å². The number of hydrogen-bond donors (Lipinski definition) is 0. The summed E-state index contributed by atoms with van der Waals surface area (Å²) in [5.41, 5.74) is 1.04. The van der Waals surface area contributed by atoms with Gasteiger partial charge in [0.25, 0.3) is 5.56 Å². The van der Waals surface area contributed by atoms with Gasteiger partial charge in [-0.3, -0.25) is 4.79 Å². The fraction of sp³-hybridized carbons (Fsp3) is 0.714. The normalized spacial score (nSPS) is 11.8. The topological polar surface area (TPSA) is 34.9 Å². The van der Waals surface area contributed by atoms with Crippen molar-refractivity contribution in [1.29, 1.82) is 0 Å². The van der Waals surface area contributed by atoms with Crippen molar-refractivity contribution in [2.45, 2.75) is 53.0 Å². The van der Waals surface area contributed by atoms with Gasteiger partial charge in [0, 0.05) is 11.4 Å². The second kappa shape index (κ2) is 7.07. The largest absolute Gasteiger partial charge is 0.268 e. The number of rotatable bonds is 7. The van der Waals surface area contributed by atoms with Gasteiger partial charge in [-0.2, -0.15) is 5.10 Å². The highest BCUT2D eigenvalue weighted by atomic mass is 79.9. The average Bonchev–Trinajstić information content (AvgIpc) is 2.34. The summed E-state index contributed by atoms with van der Waals surface area (Å²) in [5, 5.41) is 5.27. The third-order valence-electron chi connectivity index (χ3n) is 3.33. The lowest BCUT2D eigenvalue weighted by atomic mass is 9.81. The van der Waals surface area contributed by atoms with Gasteiger partial charge < -0.3 is 0 Å². The van der Waals surface area contributed by atoms with Gasteiger partial charge >= 0.3 is 0 Å². The van der Waals surface area contributed by atoms with Crippen molar-refractivity contribution in [3.05, 3.63) is 28.2 Å². The van der Waals surface area contributed by atoms with Crippen molar-refractivity contribution < 1.29 is 0 Å². The van der Waals surface area contributed by atoms with Crippen molar-refractivity contribution in [3.63, 3.8) is 0 Å². The Kier molecular flexibility index (Phi) is 6.06. The summed E-state index contributed by atoms with van der Waals surface area (Å²) < 4.78 is 1.63. The Hall–Kier alpha value is -0.640. The molecule has 0 spiro atoms. The van der Waals surface area contributed by atoms with E-state index >= 15 is 0 Å². The molecule has 0 unspecified atom stereocenters. The van der Waals surface area contributed by atoms with E-state index in [1.165, 1.54) is 0 Å². The Morgan fingerprint density at radius 1 is 1.28 bits per heavy atom. The molecule has 0 amide bonds. The highest BCUT2D eigenvalue weighted by Crippen LogP contribution is 2.33. The predicted octanol–water partition coefficient (Wildman–Crippen LogP) is 3.53. The highest BCUT2D eigenvalue weighted by molar-refractivity contribution is 9.09. The molecule has 0 saturated heterocycles. The molecular formula is C14H23BrN2O. The molecule has 18 heavy (non-hydrogen) atoms. The van der Waals surface area contributed by atoms with Crippen LogP contribution in [0.15, 0.2) is 16.9 Å². The van der Waals surface area contributed by atoms with Gasteiger partial charge in [0.05, 0.1) is 12.2 Å².